The van der Waals surface area contributed by atoms with Crippen LogP contribution in [0.2, 0.25) is 0 Å². The van der Waals surface area contributed by atoms with Crippen LogP contribution in [0, 0.1) is 12.8 Å². The second-order valence-corrected chi connectivity index (χ2v) is 5.29. The van der Waals surface area contributed by atoms with Gasteiger partial charge in [0.1, 0.15) is 0 Å². The summed E-state index contributed by atoms with van der Waals surface area (Å²) in [5, 5.41) is 4.36. The summed E-state index contributed by atoms with van der Waals surface area (Å²) >= 11 is 0. The summed E-state index contributed by atoms with van der Waals surface area (Å²) in [5.41, 5.74) is 9.60. The molecule has 2 aromatic heterocycles. The van der Waals surface area contributed by atoms with Crippen LogP contribution in [0.1, 0.15) is 36.8 Å². The molecule has 0 aliphatic rings. The molecule has 0 fully saturated rings. The van der Waals surface area contributed by atoms with Crippen LogP contribution in [0.25, 0.3) is 0 Å². The Kier molecular flexibility index (Phi) is 3.57. The first-order valence-electron chi connectivity index (χ1n) is 6.38. The van der Waals surface area contributed by atoms with Gasteiger partial charge >= 0.3 is 0 Å². The lowest BCUT2D eigenvalue weighted by molar-refractivity contribution is 0.513. The fourth-order valence-corrected chi connectivity index (χ4v) is 2.14. The Balaban J connectivity index is 2.14. The molecule has 0 amide bonds. The van der Waals surface area contributed by atoms with E-state index in [1.165, 1.54) is 11.3 Å². The highest BCUT2D eigenvalue weighted by atomic mass is 15.3. The highest BCUT2D eigenvalue weighted by Crippen LogP contribution is 2.19. The highest BCUT2D eigenvalue weighted by Gasteiger charge is 2.12. The first-order valence-corrected chi connectivity index (χ1v) is 6.38. The van der Waals surface area contributed by atoms with Crippen LogP contribution in [0.15, 0.2) is 24.5 Å². The zero-order chi connectivity index (χ0) is 13.3. The third-order valence-electron chi connectivity index (χ3n) is 3.32. The topological polar surface area (TPSA) is 48.8 Å². The first-order chi connectivity index (χ1) is 8.47. The van der Waals surface area contributed by atoms with E-state index in [1.54, 1.807) is 0 Å². The van der Waals surface area contributed by atoms with Crippen LogP contribution in [0.3, 0.4) is 0 Å². The normalized spacial score (nSPS) is 13.2. The van der Waals surface area contributed by atoms with Gasteiger partial charge in [0, 0.05) is 25.5 Å². The van der Waals surface area contributed by atoms with Gasteiger partial charge in [0.2, 0.25) is 0 Å². The van der Waals surface area contributed by atoms with E-state index >= 15 is 0 Å². The van der Waals surface area contributed by atoms with Gasteiger partial charge in [0.25, 0.3) is 0 Å². The molecule has 18 heavy (non-hydrogen) atoms. The van der Waals surface area contributed by atoms with Gasteiger partial charge in [-0.15, -0.1) is 0 Å². The van der Waals surface area contributed by atoms with Crippen molar-refractivity contribution in [1.29, 1.82) is 0 Å². The zero-order valence-corrected chi connectivity index (χ0v) is 11.6. The number of aromatic nitrogens is 3. The lowest BCUT2D eigenvalue weighted by Crippen LogP contribution is -2.16. The van der Waals surface area contributed by atoms with Gasteiger partial charge in [0.05, 0.1) is 17.9 Å². The van der Waals surface area contributed by atoms with Crippen molar-refractivity contribution in [2.75, 3.05) is 0 Å². The fraction of sp³-hybridized carbons (Fsp3) is 0.500. The Hall–Kier alpha value is -1.55. The minimum atomic E-state index is 0.111. The smallest absolute Gasteiger partial charge is 0.0639 e. The Morgan fingerprint density at radius 2 is 2.11 bits per heavy atom. The van der Waals surface area contributed by atoms with Crippen molar-refractivity contribution in [3.63, 3.8) is 0 Å². The number of hydrogen-bond acceptors (Lipinski definition) is 2. The van der Waals surface area contributed by atoms with E-state index in [0.29, 0.717) is 5.92 Å². The summed E-state index contributed by atoms with van der Waals surface area (Å²) in [6.45, 7) is 7.14. The Labute approximate surface area is 108 Å². The van der Waals surface area contributed by atoms with E-state index in [9.17, 15) is 0 Å². The first kappa shape index (κ1) is 12.9. The third-order valence-corrected chi connectivity index (χ3v) is 3.32. The molecule has 2 aromatic rings. The fourth-order valence-electron chi connectivity index (χ4n) is 2.14. The minimum absolute atomic E-state index is 0.111. The van der Waals surface area contributed by atoms with Crippen molar-refractivity contribution in [3.05, 3.63) is 41.5 Å². The molecular weight excluding hydrogens is 224 g/mol. The van der Waals surface area contributed by atoms with Crippen LogP contribution < -0.4 is 5.73 Å². The lowest BCUT2D eigenvalue weighted by atomic mass is 10.00. The van der Waals surface area contributed by atoms with Crippen molar-refractivity contribution in [3.8, 4) is 0 Å². The summed E-state index contributed by atoms with van der Waals surface area (Å²) in [6, 6.07) is 4.33. The molecular formula is C14H22N4. The predicted molar refractivity (Wildman–Crippen MR) is 73.2 cm³/mol. The highest BCUT2D eigenvalue weighted by molar-refractivity contribution is 5.17. The molecule has 0 saturated carbocycles. The lowest BCUT2D eigenvalue weighted by Gasteiger charge is -2.13. The Morgan fingerprint density at radius 1 is 1.39 bits per heavy atom. The van der Waals surface area contributed by atoms with Gasteiger partial charge in [-0.25, -0.2) is 0 Å². The molecule has 4 heteroatoms. The summed E-state index contributed by atoms with van der Waals surface area (Å²) in [5.74, 6) is 0.458. The monoisotopic (exact) mass is 246 g/mol. The molecule has 0 saturated heterocycles. The van der Waals surface area contributed by atoms with Gasteiger partial charge in [-0.2, -0.15) is 5.10 Å². The van der Waals surface area contributed by atoms with Crippen molar-refractivity contribution in [2.45, 2.75) is 33.4 Å². The second kappa shape index (κ2) is 4.98. The molecule has 0 aliphatic heterocycles. The maximum atomic E-state index is 6.15. The minimum Gasteiger partial charge on any atom is -0.348 e. The van der Waals surface area contributed by atoms with Crippen LogP contribution in [0.5, 0.6) is 0 Å². The molecule has 0 aliphatic carbocycles. The van der Waals surface area contributed by atoms with E-state index in [4.69, 9.17) is 5.73 Å². The van der Waals surface area contributed by atoms with Gasteiger partial charge < -0.3 is 10.3 Å². The van der Waals surface area contributed by atoms with Crippen molar-refractivity contribution in [1.82, 2.24) is 14.3 Å². The van der Waals surface area contributed by atoms with E-state index < -0.39 is 0 Å². The molecule has 2 heterocycles. The van der Waals surface area contributed by atoms with E-state index in [2.05, 4.69) is 48.0 Å². The number of hydrogen-bond donors (Lipinski definition) is 1. The number of aryl methyl sites for hydroxylation is 2. The summed E-state index contributed by atoms with van der Waals surface area (Å²) in [6.07, 6.45) is 4.22. The molecule has 4 nitrogen and oxygen atoms in total. The Bertz CT molecular complexity index is 522. The molecule has 98 valence electrons. The van der Waals surface area contributed by atoms with E-state index in [0.717, 1.165) is 12.2 Å². The molecule has 0 radical (unpaired) electrons. The molecule has 0 spiro atoms. The second-order valence-electron chi connectivity index (χ2n) is 5.29. The van der Waals surface area contributed by atoms with Crippen molar-refractivity contribution in [2.24, 2.45) is 18.7 Å². The largest absolute Gasteiger partial charge is 0.348 e. The van der Waals surface area contributed by atoms with Crippen molar-refractivity contribution < 1.29 is 0 Å². The van der Waals surface area contributed by atoms with Gasteiger partial charge in [-0.3, -0.25) is 4.68 Å². The van der Waals surface area contributed by atoms with E-state index in [1.807, 2.05) is 18.7 Å². The Morgan fingerprint density at radius 3 is 2.67 bits per heavy atom. The van der Waals surface area contributed by atoms with Crippen LogP contribution in [-0.4, -0.2) is 14.3 Å². The molecule has 2 N–H and O–H groups in total. The summed E-state index contributed by atoms with van der Waals surface area (Å²) < 4.78 is 4.09. The number of nitrogens with zero attached hydrogens (tertiary/aromatic N) is 3. The van der Waals surface area contributed by atoms with Gasteiger partial charge in [-0.1, -0.05) is 13.8 Å². The molecule has 0 aromatic carbocycles. The average molecular weight is 246 g/mol. The molecule has 2 rings (SSSR count). The summed E-state index contributed by atoms with van der Waals surface area (Å²) in [7, 11) is 1.98. The average Bonchev–Trinajstić information content (AvgIpc) is 2.86. The molecule has 1 unspecified atom stereocenters. The maximum Gasteiger partial charge on any atom is 0.0639 e. The van der Waals surface area contributed by atoms with Crippen LogP contribution in [0.4, 0.5) is 0 Å². The molecule has 0 bridgehead atoms. The van der Waals surface area contributed by atoms with Gasteiger partial charge in [0.15, 0.2) is 0 Å². The third kappa shape index (κ3) is 2.64. The predicted octanol–water partition coefficient (Wildman–Crippen LogP) is 2.23. The standard InChI is InChI=1S/C14H22N4/c1-10(2)14(15)12-5-6-18(8-12)9-13-7-11(3)16-17(13)4/h5-8,10,14H,9,15H2,1-4H3. The zero-order valence-electron chi connectivity index (χ0n) is 11.6. The number of rotatable bonds is 4. The van der Waals surface area contributed by atoms with Crippen molar-refractivity contribution >= 4 is 0 Å². The van der Waals surface area contributed by atoms with Gasteiger partial charge in [-0.05, 0) is 30.5 Å². The maximum absolute atomic E-state index is 6.15. The quantitative estimate of drug-likeness (QED) is 0.899. The van der Waals surface area contributed by atoms with E-state index in [-0.39, 0.29) is 6.04 Å². The summed E-state index contributed by atoms with van der Waals surface area (Å²) in [4.78, 5) is 0. The van der Waals surface area contributed by atoms with Crippen LogP contribution >= 0.6 is 0 Å². The number of nitrogens with two attached hydrogens (primary N) is 1. The molecule has 1 atom stereocenters. The SMILES string of the molecule is Cc1cc(Cn2ccc(C(N)C(C)C)c2)n(C)n1. The van der Waals surface area contributed by atoms with Crippen LogP contribution in [-0.2, 0) is 13.6 Å².